The van der Waals surface area contributed by atoms with E-state index in [0.717, 1.165) is 19.4 Å². The van der Waals surface area contributed by atoms with Gasteiger partial charge in [0.15, 0.2) is 0 Å². The number of carbonyl (C=O) groups is 2. The van der Waals surface area contributed by atoms with Crippen molar-refractivity contribution in [3.8, 4) is 0 Å². The van der Waals surface area contributed by atoms with Crippen LogP contribution in [0.4, 0.5) is 4.79 Å². The highest BCUT2D eigenvalue weighted by Crippen LogP contribution is 2.31. The first-order valence-corrected chi connectivity index (χ1v) is 6.82. The molecule has 2 saturated heterocycles. The molecule has 0 aromatic carbocycles. The topological polar surface area (TPSA) is 53.1 Å². The smallest absolute Gasteiger partial charge is 0.319 e. The highest BCUT2D eigenvalue weighted by molar-refractivity contribution is 5.79. The summed E-state index contributed by atoms with van der Waals surface area (Å²) >= 11 is 0. The van der Waals surface area contributed by atoms with E-state index >= 15 is 0 Å². The third kappa shape index (κ3) is 2.68. The lowest BCUT2D eigenvalue weighted by Crippen LogP contribution is -2.55. The van der Waals surface area contributed by atoms with Crippen LogP contribution in [0.25, 0.3) is 0 Å². The van der Waals surface area contributed by atoms with Gasteiger partial charge in [0.2, 0.25) is 5.91 Å². The zero-order valence-corrected chi connectivity index (χ0v) is 12.0. The molecule has 0 bridgehead atoms. The van der Waals surface area contributed by atoms with Crippen molar-refractivity contribution in [3.05, 3.63) is 0 Å². The molecule has 0 unspecified atom stereocenters. The number of carbonyl (C=O) groups excluding carboxylic acids is 2. The van der Waals surface area contributed by atoms with Gasteiger partial charge in [-0.2, -0.15) is 0 Å². The average molecular weight is 269 g/mol. The van der Waals surface area contributed by atoms with Gasteiger partial charge in [0.05, 0.1) is 18.7 Å². The highest BCUT2D eigenvalue weighted by Gasteiger charge is 2.44. The van der Waals surface area contributed by atoms with Gasteiger partial charge in [0, 0.05) is 40.7 Å². The molecule has 0 aliphatic carbocycles. The van der Waals surface area contributed by atoms with E-state index in [1.165, 1.54) is 0 Å². The Morgan fingerprint density at radius 1 is 1.37 bits per heavy atom. The second-order valence-corrected chi connectivity index (χ2v) is 5.41. The summed E-state index contributed by atoms with van der Waals surface area (Å²) in [5.41, 5.74) is 0. The van der Waals surface area contributed by atoms with E-state index in [9.17, 15) is 9.59 Å². The van der Waals surface area contributed by atoms with Gasteiger partial charge in [0.1, 0.15) is 0 Å². The Morgan fingerprint density at radius 2 is 2.11 bits per heavy atom. The molecule has 0 N–H and O–H groups in total. The lowest BCUT2D eigenvalue weighted by Gasteiger charge is -2.40. The Balaban J connectivity index is 2.07. The second kappa shape index (κ2) is 5.77. The first-order valence-electron chi connectivity index (χ1n) is 6.82. The highest BCUT2D eigenvalue weighted by atomic mass is 16.5. The van der Waals surface area contributed by atoms with Gasteiger partial charge in [-0.15, -0.1) is 0 Å². The first kappa shape index (κ1) is 14.1. The summed E-state index contributed by atoms with van der Waals surface area (Å²) in [7, 11) is 5.18. The van der Waals surface area contributed by atoms with Gasteiger partial charge >= 0.3 is 6.03 Å². The predicted octanol–water partition coefficient (Wildman–Crippen LogP) is 0.380. The number of ether oxygens (including phenoxy) is 1. The Kier molecular flexibility index (Phi) is 4.29. The van der Waals surface area contributed by atoms with Crippen molar-refractivity contribution < 1.29 is 14.3 Å². The summed E-state index contributed by atoms with van der Waals surface area (Å²) in [5.74, 6) is 0.192. The Hall–Kier alpha value is -1.30. The van der Waals surface area contributed by atoms with Crippen molar-refractivity contribution in [2.75, 3.05) is 40.9 Å². The van der Waals surface area contributed by atoms with E-state index in [4.69, 9.17) is 4.74 Å². The zero-order valence-electron chi connectivity index (χ0n) is 12.0. The molecule has 2 fully saturated rings. The van der Waals surface area contributed by atoms with Crippen LogP contribution in [-0.2, 0) is 9.53 Å². The number of piperidine rings is 1. The van der Waals surface area contributed by atoms with E-state index in [0.29, 0.717) is 19.6 Å². The van der Waals surface area contributed by atoms with Crippen molar-refractivity contribution in [3.63, 3.8) is 0 Å². The number of likely N-dealkylation sites (tertiary alicyclic amines) is 2. The first-order chi connectivity index (χ1) is 9.06. The summed E-state index contributed by atoms with van der Waals surface area (Å²) in [6.07, 6.45) is 2.19. The molecule has 108 valence electrons. The molecule has 0 spiro atoms. The standard InChI is InChI=1S/C13H23N3O3/c1-14(2)13(18)16-7-6-11-10(16)4-5-12(17)15(11)8-9-19-3/h10-11H,4-9H2,1-3H3/t10-,11+/m0/s1. The number of amides is 3. The molecule has 2 atom stereocenters. The molecule has 2 heterocycles. The van der Waals surface area contributed by atoms with Crippen molar-refractivity contribution in [2.24, 2.45) is 0 Å². The van der Waals surface area contributed by atoms with E-state index in [-0.39, 0.29) is 24.0 Å². The zero-order chi connectivity index (χ0) is 14.0. The minimum absolute atomic E-state index is 0.0496. The van der Waals surface area contributed by atoms with Crippen LogP contribution in [0.1, 0.15) is 19.3 Å². The molecule has 0 aromatic heterocycles. The molecule has 0 saturated carbocycles. The van der Waals surface area contributed by atoms with Gasteiger partial charge in [-0.25, -0.2) is 4.79 Å². The van der Waals surface area contributed by atoms with Crippen LogP contribution in [0, 0.1) is 0 Å². The van der Waals surface area contributed by atoms with Crippen LogP contribution in [0.3, 0.4) is 0 Å². The molecular weight excluding hydrogens is 246 g/mol. The monoisotopic (exact) mass is 269 g/mol. The molecule has 2 rings (SSSR count). The largest absolute Gasteiger partial charge is 0.383 e. The maximum absolute atomic E-state index is 12.1. The number of urea groups is 1. The number of nitrogens with zero attached hydrogens (tertiary/aromatic N) is 3. The molecule has 3 amide bonds. The number of hydrogen-bond acceptors (Lipinski definition) is 3. The second-order valence-electron chi connectivity index (χ2n) is 5.41. The molecule has 2 aliphatic rings. The maximum Gasteiger partial charge on any atom is 0.319 e. The summed E-state index contributed by atoms with van der Waals surface area (Å²) in [5, 5.41) is 0. The van der Waals surface area contributed by atoms with Crippen LogP contribution >= 0.6 is 0 Å². The summed E-state index contributed by atoms with van der Waals surface area (Å²) in [6.45, 7) is 1.92. The minimum Gasteiger partial charge on any atom is -0.383 e. The fourth-order valence-corrected chi connectivity index (χ4v) is 3.12. The van der Waals surface area contributed by atoms with Crippen LogP contribution in [0.5, 0.6) is 0 Å². The fourth-order valence-electron chi connectivity index (χ4n) is 3.12. The Bertz CT molecular complexity index is 359. The van der Waals surface area contributed by atoms with Crippen molar-refractivity contribution in [2.45, 2.75) is 31.3 Å². The van der Waals surface area contributed by atoms with Crippen LogP contribution in [0.2, 0.25) is 0 Å². The Labute approximate surface area is 114 Å². The molecule has 2 aliphatic heterocycles. The number of rotatable bonds is 3. The van der Waals surface area contributed by atoms with Crippen LogP contribution < -0.4 is 0 Å². The summed E-state index contributed by atoms with van der Waals surface area (Å²) in [6, 6.07) is 0.387. The fraction of sp³-hybridized carbons (Fsp3) is 0.846. The SMILES string of the molecule is COCCN1C(=O)CC[C@H]2[C@H]1CCN2C(=O)N(C)C. The van der Waals surface area contributed by atoms with Gasteiger partial charge in [-0.3, -0.25) is 4.79 Å². The molecule has 6 heteroatoms. The van der Waals surface area contributed by atoms with Gasteiger partial charge in [-0.05, 0) is 12.8 Å². The molecule has 0 aromatic rings. The lowest BCUT2D eigenvalue weighted by molar-refractivity contribution is -0.138. The quantitative estimate of drug-likeness (QED) is 0.744. The molecule has 0 radical (unpaired) electrons. The van der Waals surface area contributed by atoms with Gasteiger partial charge in [0.25, 0.3) is 0 Å². The molecule has 6 nitrogen and oxygen atoms in total. The number of hydrogen-bond donors (Lipinski definition) is 0. The van der Waals surface area contributed by atoms with E-state index in [1.54, 1.807) is 26.1 Å². The Morgan fingerprint density at radius 3 is 2.74 bits per heavy atom. The van der Waals surface area contributed by atoms with Crippen LogP contribution in [0.15, 0.2) is 0 Å². The third-order valence-corrected chi connectivity index (χ3v) is 4.05. The van der Waals surface area contributed by atoms with E-state index < -0.39 is 0 Å². The third-order valence-electron chi connectivity index (χ3n) is 4.05. The number of methoxy groups -OCH3 is 1. The summed E-state index contributed by atoms with van der Waals surface area (Å²) < 4.78 is 5.07. The van der Waals surface area contributed by atoms with Crippen molar-refractivity contribution in [1.82, 2.24) is 14.7 Å². The minimum atomic E-state index is 0.0496. The van der Waals surface area contributed by atoms with Crippen LogP contribution in [-0.4, -0.2) is 79.6 Å². The predicted molar refractivity (Wildman–Crippen MR) is 70.8 cm³/mol. The summed E-state index contributed by atoms with van der Waals surface area (Å²) in [4.78, 5) is 29.6. The van der Waals surface area contributed by atoms with Crippen molar-refractivity contribution >= 4 is 11.9 Å². The van der Waals surface area contributed by atoms with E-state index in [2.05, 4.69) is 0 Å². The molecular formula is C13H23N3O3. The lowest BCUT2D eigenvalue weighted by atomic mass is 9.96. The van der Waals surface area contributed by atoms with Crippen molar-refractivity contribution in [1.29, 1.82) is 0 Å². The van der Waals surface area contributed by atoms with Gasteiger partial charge in [-0.1, -0.05) is 0 Å². The normalized spacial score (nSPS) is 26.6. The number of fused-ring (bicyclic) bond motifs is 1. The maximum atomic E-state index is 12.1. The van der Waals surface area contributed by atoms with E-state index in [1.807, 2.05) is 9.80 Å². The molecule has 19 heavy (non-hydrogen) atoms. The van der Waals surface area contributed by atoms with Gasteiger partial charge < -0.3 is 19.4 Å². The average Bonchev–Trinajstić information content (AvgIpc) is 2.80.